The van der Waals surface area contributed by atoms with Crippen LogP contribution < -0.4 is 4.74 Å². The monoisotopic (exact) mass is 579 g/mol. The van der Waals surface area contributed by atoms with Gasteiger partial charge in [-0.2, -0.15) is 26.3 Å². The highest BCUT2D eigenvalue weighted by Gasteiger charge is 2.50. The van der Waals surface area contributed by atoms with Gasteiger partial charge in [-0.1, -0.05) is 18.2 Å². The van der Waals surface area contributed by atoms with Gasteiger partial charge in [-0.05, 0) is 49.2 Å². The number of nitrogens with zero attached hydrogens (tertiary/aromatic N) is 3. The molecule has 9 nitrogen and oxygen atoms in total. The normalized spacial score (nSPS) is 19.0. The Morgan fingerprint density at radius 1 is 0.950 bits per heavy atom. The summed E-state index contributed by atoms with van der Waals surface area (Å²) in [6, 6.07) is 14.0. The number of hydrogen-bond acceptors (Lipinski definition) is 6. The smallest absolute Gasteiger partial charge is 0.490 e. The molecule has 4 rings (SSSR count). The lowest BCUT2D eigenvalue weighted by molar-refractivity contribution is -0.193. The second-order valence-corrected chi connectivity index (χ2v) is 9.00. The van der Waals surface area contributed by atoms with Crippen molar-refractivity contribution >= 4 is 17.8 Å². The molecule has 1 aromatic carbocycles. The van der Waals surface area contributed by atoms with Gasteiger partial charge >= 0.3 is 24.3 Å². The quantitative estimate of drug-likeness (QED) is 0.511. The highest BCUT2D eigenvalue weighted by atomic mass is 19.4. The number of rotatable bonds is 5. The highest BCUT2D eigenvalue weighted by Crippen LogP contribution is 2.41. The first-order valence-corrected chi connectivity index (χ1v) is 11.7. The van der Waals surface area contributed by atoms with Crippen molar-refractivity contribution in [3.63, 3.8) is 0 Å². The predicted octanol–water partition coefficient (Wildman–Crippen LogP) is 3.98. The molecule has 1 spiro atoms. The summed E-state index contributed by atoms with van der Waals surface area (Å²) in [6.45, 7) is 4.14. The summed E-state index contributed by atoms with van der Waals surface area (Å²) in [5, 5.41) is 14.2. The lowest BCUT2D eigenvalue weighted by atomic mass is 9.85. The fourth-order valence-corrected chi connectivity index (χ4v) is 4.23. The van der Waals surface area contributed by atoms with Crippen molar-refractivity contribution in [2.45, 2.75) is 38.3 Å². The second kappa shape index (κ2) is 13.5. The van der Waals surface area contributed by atoms with Gasteiger partial charge < -0.3 is 19.8 Å². The van der Waals surface area contributed by atoms with Crippen LogP contribution in [0.5, 0.6) is 5.75 Å². The van der Waals surface area contributed by atoms with E-state index in [1.54, 1.807) is 7.11 Å². The van der Waals surface area contributed by atoms with E-state index in [1.807, 2.05) is 41.4 Å². The maximum Gasteiger partial charge on any atom is 0.490 e. The van der Waals surface area contributed by atoms with Gasteiger partial charge in [-0.3, -0.25) is 14.7 Å². The Kier molecular flexibility index (Phi) is 10.9. The predicted molar refractivity (Wildman–Crippen MR) is 127 cm³/mol. The number of carbonyl (C=O) groups is 3. The number of aliphatic carboxylic acids is 2. The molecule has 1 amide bonds. The number of methoxy groups -OCH3 is 1. The zero-order valence-electron chi connectivity index (χ0n) is 21.2. The van der Waals surface area contributed by atoms with Crippen molar-refractivity contribution < 1.29 is 55.7 Å². The van der Waals surface area contributed by atoms with E-state index in [1.165, 1.54) is 0 Å². The van der Waals surface area contributed by atoms with Gasteiger partial charge in [-0.15, -0.1) is 0 Å². The molecule has 0 radical (unpaired) electrons. The number of amides is 1. The number of alkyl halides is 6. The van der Waals surface area contributed by atoms with Crippen molar-refractivity contribution in [1.82, 2.24) is 14.8 Å². The van der Waals surface area contributed by atoms with E-state index in [9.17, 15) is 31.1 Å². The maximum absolute atomic E-state index is 13.1. The molecule has 0 aliphatic carbocycles. The Morgan fingerprint density at radius 2 is 1.55 bits per heavy atom. The van der Waals surface area contributed by atoms with Crippen LogP contribution in [0.25, 0.3) is 0 Å². The molecule has 1 unspecified atom stereocenters. The molecule has 0 bridgehead atoms. The molecule has 2 saturated heterocycles. The third-order valence-electron chi connectivity index (χ3n) is 6.14. The second-order valence-electron chi connectivity index (χ2n) is 9.00. The molecule has 0 saturated carbocycles. The van der Waals surface area contributed by atoms with E-state index < -0.39 is 24.3 Å². The number of halogens is 6. The highest BCUT2D eigenvalue weighted by molar-refractivity contribution is 5.85. The first-order chi connectivity index (χ1) is 18.6. The number of pyridine rings is 1. The number of aromatic nitrogens is 1. The van der Waals surface area contributed by atoms with Crippen LogP contribution in [0.4, 0.5) is 26.3 Å². The summed E-state index contributed by atoms with van der Waals surface area (Å²) in [5.41, 5.74) is 1.99. The minimum absolute atomic E-state index is 0.201. The van der Waals surface area contributed by atoms with Gasteiger partial charge in [-0.25, -0.2) is 9.59 Å². The van der Waals surface area contributed by atoms with Gasteiger partial charge in [0.15, 0.2) is 0 Å². The van der Waals surface area contributed by atoms with E-state index in [2.05, 4.69) is 22.0 Å². The lowest BCUT2D eigenvalue weighted by Gasteiger charge is -2.24. The molecule has 2 aliphatic heterocycles. The van der Waals surface area contributed by atoms with Crippen molar-refractivity contribution in [3.8, 4) is 5.75 Å². The van der Waals surface area contributed by atoms with Crippen LogP contribution in [0.1, 0.15) is 24.1 Å². The molecule has 1 atom stereocenters. The van der Waals surface area contributed by atoms with Crippen molar-refractivity contribution in [2.24, 2.45) is 5.41 Å². The standard InChI is InChI=1S/C21H25N3O2.2C2HF3O2/c1-26-19-7-4-5-17(13-19)14-24-12-9-21(20(24)25)8-11-23(16-21)15-18-6-2-3-10-22-18;2*3-2(4,5)1(6)7/h2-7,10,13H,8-9,11-12,14-16H2,1H3;2*(H,6,7). The Labute approximate surface area is 225 Å². The number of carbonyl (C=O) groups excluding carboxylic acids is 1. The molecule has 2 N–H and O–H groups in total. The van der Waals surface area contributed by atoms with Crippen LogP contribution >= 0.6 is 0 Å². The summed E-state index contributed by atoms with van der Waals surface area (Å²) in [4.78, 5) is 39.7. The first-order valence-electron chi connectivity index (χ1n) is 11.7. The molecule has 15 heteroatoms. The molecule has 2 aromatic rings. The molecule has 2 aliphatic rings. The topological polar surface area (TPSA) is 120 Å². The lowest BCUT2D eigenvalue weighted by Crippen LogP contribution is -2.36. The van der Waals surface area contributed by atoms with Gasteiger partial charge in [0.2, 0.25) is 5.91 Å². The number of ether oxygens (including phenoxy) is 1. The number of benzene rings is 1. The zero-order chi connectivity index (χ0) is 30.1. The number of likely N-dealkylation sites (tertiary alicyclic amines) is 2. The maximum atomic E-state index is 13.1. The van der Waals surface area contributed by atoms with Crippen LogP contribution in [-0.2, 0) is 27.5 Å². The van der Waals surface area contributed by atoms with Crippen LogP contribution in [0, 0.1) is 5.41 Å². The van der Waals surface area contributed by atoms with Crippen LogP contribution in [0.15, 0.2) is 48.7 Å². The zero-order valence-corrected chi connectivity index (χ0v) is 21.2. The molecule has 1 aromatic heterocycles. The number of hydrogen-bond donors (Lipinski definition) is 2. The van der Waals surface area contributed by atoms with E-state index >= 15 is 0 Å². The number of carboxylic acid groups (broad SMARTS) is 2. The largest absolute Gasteiger partial charge is 0.497 e. The minimum atomic E-state index is -5.08. The molecule has 3 heterocycles. The summed E-state index contributed by atoms with van der Waals surface area (Å²) in [7, 11) is 1.67. The van der Waals surface area contributed by atoms with Gasteiger partial charge in [0, 0.05) is 32.4 Å². The summed E-state index contributed by atoms with van der Waals surface area (Å²) in [6.07, 6.45) is -6.43. The fraction of sp³-hybridized carbons (Fsp3) is 0.440. The minimum Gasteiger partial charge on any atom is -0.497 e. The van der Waals surface area contributed by atoms with Crippen molar-refractivity contribution in [3.05, 3.63) is 59.9 Å². The molecule has 40 heavy (non-hydrogen) atoms. The Bertz CT molecular complexity index is 1140. The Balaban J connectivity index is 0.000000333. The third-order valence-corrected chi connectivity index (χ3v) is 6.14. The summed E-state index contributed by atoms with van der Waals surface area (Å²) < 4.78 is 68.8. The van der Waals surface area contributed by atoms with Gasteiger partial charge in [0.05, 0.1) is 18.2 Å². The van der Waals surface area contributed by atoms with Crippen molar-refractivity contribution in [1.29, 1.82) is 0 Å². The molecular formula is C25H27F6N3O6. The van der Waals surface area contributed by atoms with E-state index in [0.29, 0.717) is 12.5 Å². The van der Waals surface area contributed by atoms with Crippen molar-refractivity contribution in [2.75, 3.05) is 26.7 Å². The molecule has 220 valence electrons. The number of carboxylic acids is 2. The van der Waals surface area contributed by atoms with E-state index in [-0.39, 0.29) is 5.41 Å². The van der Waals surface area contributed by atoms with Gasteiger partial charge in [0.25, 0.3) is 0 Å². The van der Waals surface area contributed by atoms with Gasteiger partial charge in [0.1, 0.15) is 5.75 Å². The Hall–Kier alpha value is -3.88. The first kappa shape index (κ1) is 32.3. The van der Waals surface area contributed by atoms with Crippen LogP contribution in [0.2, 0.25) is 0 Å². The average Bonchev–Trinajstić information content (AvgIpc) is 3.43. The Morgan fingerprint density at radius 3 is 2.08 bits per heavy atom. The van der Waals surface area contributed by atoms with E-state index in [0.717, 1.165) is 56.0 Å². The fourth-order valence-electron chi connectivity index (χ4n) is 4.23. The average molecular weight is 579 g/mol. The summed E-state index contributed by atoms with van der Waals surface area (Å²) in [5.74, 6) is -4.37. The molecule has 2 fully saturated rings. The van der Waals surface area contributed by atoms with Crippen LogP contribution in [0.3, 0.4) is 0 Å². The summed E-state index contributed by atoms with van der Waals surface area (Å²) >= 11 is 0. The molecular weight excluding hydrogens is 552 g/mol. The third kappa shape index (κ3) is 9.39. The SMILES string of the molecule is COc1cccc(CN2CCC3(CCN(Cc4ccccn4)C3)C2=O)c1.O=C(O)C(F)(F)F.O=C(O)C(F)(F)F. The van der Waals surface area contributed by atoms with Crippen LogP contribution in [-0.4, -0.2) is 81.9 Å². The van der Waals surface area contributed by atoms with E-state index in [4.69, 9.17) is 24.5 Å².